The van der Waals surface area contributed by atoms with Crippen molar-refractivity contribution in [3.05, 3.63) is 15.9 Å². The number of hydrogen-bond donors (Lipinski definition) is 1. The Labute approximate surface area is 117 Å². The van der Waals surface area contributed by atoms with E-state index in [-0.39, 0.29) is 5.54 Å². The molecule has 0 atom stereocenters. The van der Waals surface area contributed by atoms with E-state index in [9.17, 15) is 0 Å². The van der Waals surface area contributed by atoms with Gasteiger partial charge in [0.15, 0.2) is 0 Å². The molecule has 2 rings (SSSR count). The zero-order valence-corrected chi connectivity index (χ0v) is 12.8. The maximum atomic E-state index is 6.49. The number of ether oxygens (including phenoxy) is 1. The summed E-state index contributed by atoms with van der Waals surface area (Å²) in [6.07, 6.45) is 3.67. The molecule has 1 aromatic heterocycles. The Kier molecular flexibility index (Phi) is 4.45. The lowest BCUT2D eigenvalue weighted by Gasteiger charge is -2.33. The average molecular weight is 316 g/mol. The zero-order valence-electron chi connectivity index (χ0n) is 11.2. The van der Waals surface area contributed by atoms with Gasteiger partial charge in [-0.25, -0.2) is 0 Å². The largest absolute Gasteiger partial charge is 0.381 e. The minimum Gasteiger partial charge on any atom is -0.381 e. The Morgan fingerprint density at radius 2 is 2.06 bits per heavy atom. The van der Waals surface area contributed by atoms with Crippen molar-refractivity contribution < 1.29 is 4.74 Å². The van der Waals surface area contributed by atoms with Crippen molar-refractivity contribution in [2.45, 2.75) is 51.6 Å². The second kappa shape index (κ2) is 5.72. The highest BCUT2D eigenvalue weighted by molar-refractivity contribution is 9.10. The quantitative estimate of drug-likeness (QED) is 0.927. The molecular formula is C13H22BrN3O. The summed E-state index contributed by atoms with van der Waals surface area (Å²) in [4.78, 5) is 0. The van der Waals surface area contributed by atoms with E-state index in [1.165, 1.54) is 5.69 Å². The number of nitrogens with two attached hydrogens (primary N) is 1. The molecule has 0 bridgehead atoms. The standard InChI is InChI=1S/C13H22BrN3O/c1-3-10-12(14)11(17(4-2)16-10)9-13(15)5-7-18-8-6-13/h3-9,15H2,1-2H3. The third kappa shape index (κ3) is 2.78. The van der Waals surface area contributed by atoms with Gasteiger partial charge in [0.1, 0.15) is 0 Å². The molecule has 5 heteroatoms. The molecule has 0 amide bonds. The van der Waals surface area contributed by atoms with E-state index in [2.05, 4.69) is 39.6 Å². The predicted molar refractivity (Wildman–Crippen MR) is 75.7 cm³/mol. The first kappa shape index (κ1) is 14.0. The second-order valence-electron chi connectivity index (χ2n) is 5.03. The van der Waals surface area contributed by atoms with Gasteiger partial charge in [0.05, 0.1) is 15.9 Å². The van der Waals surface area contributed by atoms with E-state index < -0.39 is 0 Å². The molecule has 1 saturated heterocycles. The summed E-state index contributed by atoms with van der Waals surface area (Å²) in [5, 5.41) is 4.63. The predicted octanol–water partition coefficient (Wildman–Crippen LogP) is 2.28. The molecule has 102 valence electrons. The van der Waals surface area contributed by atoms with Gasteiger partial charge < -0.3 is 10.5 Å². The van der Waals surface area contributed by atoms with Gasteiger partial charge in [-0.3, -0.25) is 4.68 Å². The fourth-order valence-electron chi connectivity index (χ4n) is 2.47. The van der Waals surface area contributed by atoms with Crippen LogP contribution in [0.5, 0.6) is 0 Å². The number of aromatic nitrogens is 2. The molecule has 4 nitrogen and oxygen atoms in total. The molecule has 2 heterocycles. The Balaban J connectivity index is 2.24. The first-order valence-electron chi connectivity index (χ1n) is 6.70. The fraction of sp³-hybridized carbons (Fsp3) is 0.769. The summed E-state index contributed by atoms with van der Waals surface area (Å²) in [5.41, 5.74) is 8.71. The van der Waals surface area contributed by atoms with E-state index in [0.717, 1.165) is 55.6 Å². The third-order valence-electron chi connectivity index (χ3n) is 3.70. The molecule has 1 fully saturated rings. The van der Waals surface area contributed by atoms with Crippen LogP contribution in [-0.2, 0) is 24.1 Å². The van der Waals surface area contributed by atoms with Gasteiger partial charge in [-0.15, -0.1) is 0 Å². The van der Waals surface area contributed by atoms with Crippen LogP contribution in [0, 0.1) is 0 Å². The van der Waals surface area contributed by atoms with Gasteiger partial charge in [-0.05, 0) is 42.1 Å². The minimum atomic E-state index is -0.140. The van der Waals surface area contributed by atoms with Crippen molar-refractivity contribution in [3.8, 4) is 0 Å². The summed E-state index contributed by atoms with van der Waals surface area (Å²) in [7, 11) is 0. The molecule has 2 N–H and O–H groups in total. The molecule has 0 unspecified atom stereocenters. The van der Waals surface area contributed by atoms with Crippen LogP contribution in [0.25, 0.3) is 0 Å². The number of halogens is 1. The SMILES string of the molecule is CCc1nn(CC)c(CC2(N)CCOCC2)c1Br. The number of nitrogens with zero attached hydrogens (tertiary/aromatic N) is 2. The van der Waals surface area contributed by atoms with E-state index in [4.69, 9.17) is 10.5 Å². The monoisotopic (exact) mass is 315 g/mol. The maximum Gasteiger partial charge on any atom is 0.0766 e. The van der Waals surface area contributed by atoms with E-state index in [1.54, 1.807) is 0 Å². The van der Waals surface area contributed by atoms with Crippen molar-refractivity contribution in [3.63, 3.8) is 0 Å². The molecule has 0 radical (unpaired) electrons. The van der Waals surface area contributed by atoms with Crippen molar-refractivity contribution in [2.75, 3.05) is 13.2 Å². The molecule has 0 saturated carbocycles. The van der Waals surface area contributed by atoms with Crippen molar-refractivity contribution in [2.24, 2.45) is 5.73 Å². The van der Waals surface area contributed by atoms with Gasteiger partial charge in [-0.2, -0.15) is 5.10 Å². The smallest absolute Gasteiger partial charge is 0.0766 e. The van der Waals surface area contributed by atoms with Crippen LogP contribution < -0.4 is 5.73 Å². The average Bonchev–Trinajstić information content (AvgIpc) is 2.67. The Bertz CT molecular complexity index is 411. The maximum absolute atomic E-state index is 6.49. The lowest BCUT2D eigenvalue weighted by atomic mass is 9.86. The summed E-state index contributed by atoms with van der Waals surface area (Å²) in [6.45, 7) is 6.68. The van der Waals surface area contributed by atoms with E-state index in [1.807, 2.05) is 0 Å². The van der Waals surface area contributed by atoms with Crippen LogP contribution in [0.1, 0.15) is 38.1 Å². The lowest BCUT2D eigenvalue weighted by Crippen LogP contribution is -2.47. The molecule has 0 aromatic carbocycles. The van der Waals surface area contributed by atoms with Crippen LogP contribution >= 0.6 is 15.9 Å². The van der Waals surface area contributed by atoms with Crippen LogP contribution in [-0.4, -0.2) is 28.5 Å². The second-order valence-corrected chi connectivity index (χ2v) is 5.82. The van der Waals surface area contributed by atoms with Gasteiger partial charge in [0, 0.05) is 31.7 Å². The van der Waals surface area contributed by atoms with Crippen molar-refractivity contribution in [1.29, 1.82) is 0 Å². The summed E-state index contributed by atoms with van der Waals surface area (Å²) >= 11 is 3.68. The van der Waals surface area contributed by atoms with Crippen LogP contribution in [0.2, 0.25) is 0 Å². The minimum absolute atomic E-state index is 0.140. The summed E-state index contributed by atoms with van der Waals surface area (Å²) in [5.74, 6) is 0. The van der Waals surface area contributed by atoms with Gasteiger partial charge in [0.2, 0.25) is 0 Å². The molecule has 1 aliphatic heterocycles. The molecule has 18 heavy (non-hydrogen) atoms. The number of aryl methyl sites for hydroxylation is 2. The highest BCUT2D eigenvalue weighted by atomic mass is 79.9. The van der Waals surface area contributed by atoms with Crippen molar-refractivity contribution >= 4 is 15.9 Å². The normalized spacial score (nSPS) is 19.1. The van der Waals surface area contributed by atoms with Gasteiger partial charge >= 0.3 is 0 Å². The third-order valence-corrected chi connectivity index (χ3v) is 4.62. The topological polar surface area (TPSA) is 53.1 Å². The van der Waals surface area contributed by atoms with E-state index in [0.29, 0.717) is 0 Å². The summed E-state index contributed by atoms with van der Waals surface area (Å²) < 4.78 is 8.62. The zero-order chi connectivity index (χ0) is 13.2. The lowest BCUT2D eigenvalue weighted by molar-refractivity contribution is 0.0526. The first-order valence-corrected chi connectivity index (χ1v) is 7.49. The van der Waals surface area contributed by atoms with Crippen LogP contribution in [0.3, 0.4) is 0 Å². The molecule has 1 aromatic rings. The van der Waals surface area contributed by atoms with Gasteiger partial charge in [0.25, 0.3) is 0 Å². The fourth-order valence-corrected chi connectivity index (χ4v) is 3.18. The number of rotatable bonds is 4. The van der Waals surface area contributed by atoms with Crippen LogP contribution in [0.4, 0.5) is 0 Å². The highest BCUT2D eigenvalue weighted by Gasteiger charge is 2.31. The first-order chi connectivity index (χ1) is 8.59. The van der Waals surface area contributed by atoms with Crippen LogP contribution in [0.15, 0.2) is 4.47 Å². The molecule has 0 spiro atoms. The van der Waals surface area contributed by atoms with Crippen molar-refractivity contribution in [1.82, 2.24) is 9.78 Å². The highest BCUT2D eigenvalue weighted by Crippen LogP contribution is 2.29. The molecular weight excluding hydrogens is 294 g/mol. The Hall–Kier alpha value is -0.390. The Morgan fingerprint density at radius 3 is 2.61 bits per heavy atom. The number of hydrogen-bond acceptors (Lipinski definition) is 3. The van der Waals surface area contributed by atoms with Gasteiger partial charge in [-0.1, -0.05) is 6.92 Å². The summed E-state index contributed by atoms with van der Waals surface area (Å²) in [6, 6.07) is 0. The van der Waals surface area contributed by atoms with E-state index >= 15 is 0 Å². The Morgan fingerprint density at radius 1 is 1.39 bits per heavy atom. The molecule has 0 aliphatic carbocycles. The molecule has 1 aliphatic rings.